The maximum absolute atomic E-state index is 5.47. The monoisotopic (exact) mass is 289 g/mol. The van der Waals surface area contributed by atoms with E-state index in [2.05, 4.69) is 20.7 Å². The molecule has 7 heteroatoms. The van der Waals surface area contributed by atoms with Crippen LogP contribution in [0.15, 0.2) is 18.2 Å². The molecule has 2 rings (SSSR count). The van der Waals surface area contributed by atoms with Gasteiger partial charge in [0.15, 0.2) is 0 Å². The number of hydrogen-bond acceptors (Lipinski definition) is 7. The number of hydrogen-bond donors (Lipinski definition) is 3. The van der Waals surface area contributed by atoms with Crippen molar-refractivity contribution in [2.45, 2.75) is 13.8 Å². The number of hydrazine groups is 1. The van der Waals surface area contributed by atoms with Gasteiger partial charge in [-0.2, -0.15) is 0 Å². The van der Waals surface area contributed by atoms with E-state index in [-0.39, 0.29) is 0 Å². The van der Waals surface area contributed by atoms with Crippen LogP contribution in [0, 0.1) is 13.8 Å². The number of nitrogens with two attached hydrogens (primary N) is 1. The van der Waals surface area contributed by atoms with Crippen molar-refractivity contribution >= 4 is 17.3 Å². The topological polar surface area (TPSA) is 94.3 Å². The summed E-state index contributed by atoms with van der Waals surface area (Å²) in [7, 11) is 3.22. The maximum Gasteiger partial charge on any atom is 0.148 e. The number of nitrogens with one attached hydrogen (secondary N) is 2. The summed E-state index contributed by atoms with van der Waals surface area (Å²) < 4.78 is 10.6. The molecule has 0 bridgehead atoms. The fraction of sp³-hybridized carbons (Fsp3) is 0.286. The van der Waals surface area contributed by atoms with E-state index in [4.69, 9.17) is 15.3 Å². The number of rotatable bonds is 5. The second-order valence-corrected chi connectivity index (χ2v) is 4.43. The average Bonchev–Trinajstić information content (AvgIpc) is 2.50. The van der Waals surface area contributed by atoms with E-state index in [1.54, 1.807) is 21.1 Å². The molecule has 0 saturated heterocycles. The largest absolute Gasteiger partial charge is 0.497 e. The van der Waals surface area contributed by atoms with Crippen LogP contribution < -0.4 is 26.1 Å². The predicted octanol–water partition coefficient (Wildman–Crippen LogP) is 2.14. The normalized spacial score (nSPS) is 10.1. The van der Waals surface area contributed by atoms with Gasteiger partial charge in [0.05, 0.1) is 19.9 Å². The van der Waals surface area contributed by atoms with E-state index < -0.39 is 0 Å². The first-order valence-electron chi connectivity index (χ1n) is 6.40. The summed E-state index contributed by atoms with van der Waals surface area (Å²) >= 11 is 0. The first kappa shape index (κ1) is 14.9. The molecule has 7 nitrogen and oxygen atoms in total. The quantitative estimate of drug-likeness (QED) is 0.573. The van der Waals surface area contributed by atoms with Crippen LogP contribution in [0.5, 0.6) is 11.5 Å². The Morgan fingerprint density at radius 1 is 1.05 bits per heavy atom. The third-order valence-corrected chi connectivity index (χ3v) is 3.05. The molecule has 0 aliphatic carbocycles. The first-order valence-corrected chi connectivity index (χ1v) is 6.40. The van der Waals surface area contributed by atoms with Crippen molar-refractivity contribution in [3.05, 3.63) is 29.6 Å². The number of methoxy groups -OCH3 is 2. The van der Waals surface area contributed by atoms with Crippen LogP contribution in [0.2, 0.25) is 0 Å². The van der Waals surface area contributed by atoms with Crippen LogP contribution in [-0.2, 0) is 0 Å². The summed E-state index contributed by atoms with van der Waals surface area (Å²) in [5.74, 6) is 8.72. The van der Waals surface area contributed by atoms with Gasteiger partial charge in [-0.05, 0) is 26.0 Å². The molecule has 0 fully saturated rings. The number of ether oxygens (including phenoxy) is 2. The smallest absolute Gasteiger partial charge is 0.148 e. The summed E-state index contributed by atoms with van der Waals surface area (Å²) in [5, 5.41) is 3.23. The Balaban J connectivity index is 2.44. The molecule has 2 aromatic rings. The number of aryl methyl sites for hydroxylation is 1. The molecule has 1 heterocycles. The zero-order chi connectivity index (χ0) is 15.4. The third-order valence-electron chi connectivity index (χ3n) is 3.05. The van der Waals surface area contributed by atoms with Crippen LogP contribution in [0.4, 0.5) is 17.3 Å². The molecule has 0 saturated carbocycles. The van der Waals surface area contributed by atoms with Crippen molar-refractivity contribution in [2.24, 2.45) is 5.84 Å². The fourth-order valence-corrected chi connectivity index (χ4v) is 1.93. The zero-order valence-electron chi connectivity index (χ0n) is 12.5. The minimum absolute atomic E-state index is 0.576. The molecule has 0 aliphatic rings. The van der Waals surface area contributed by atoms with Gasteiger partial charge in [-0.15, -0.1) is 0 Å². The lowest BCUT2D eigenvalue weighted by Gasteiger charge is -2.15. The van der Waals surface area contributed by atoms with Crippen molar-refractivity contribution < 1.29 is 9.47 Å². The van der Waals surface area contributed by atoms with Crippen LogP contribution in [0.25, 0.3) is 0 Å². The van der Waals surface area contributed by atoms with Gasteiger partial charge in [0.25, 0.3) is 0 Å². The molecule has 4 N–H and O–H groups in total. The lowest BCUT2D eigenvalue weighted by atomic mass is 10.2. The number of nitrogens with zero attached hydrogens (tertiary/aromatic N) is 2. The molecule has 0 spiro atoms. The molecule has 0 radical (unpaired) electrons. The van der Waals surface area contributed by atoms with Crippen LogP contribution in [0.1, 0.15) is 11.4 Å². The summed E-state index contributed by atoms with van der Waals surface area (Å²) in [6.45, 7) is 3.68. The molecule has 1 aromatic carbocycles. The number of benzene rings is 1. The van der Waals surface area contributed by atoms with Gasteiger partial charge in [0, 0.05) is 11.6 Å². The Hall–Kier alpha value is -2.54. The average molecular weight is 289 g/mol. The molecule has 21 heavy (non-hydrogen) atoms. The maximum atomic E-state index is 5.47. The molecule has 0 aliphatic heterocycles. The van der Waals surface area contributed by atoms with Gasteiger partial charge >= 0.3 is 0 Å². The summed E-state index contributed by atoms with van der Waals surface area (Å²) in [5.41, 5.74) is 4.13. The van der Waals surface area contributed by atoms with Crippen molar-refractivity contribution in [1.29, 1.82) is 0 Å². The standard InChI is InChI=1S/C14H19N5O2/c1-8-13(16-9(2)17-14(8)19-15)18-11-7-10(20-3)5-6-12(11)21-4/h5-7H,15H2,1-4H3,(H2,16,17,18,19). The molecule has 1 aromatic heterocycles. The predicted molar refractivity (Wildman–Crippen MR) is 82.1 cm³/mol. The Bertz CT molecular complexity index is 646. The van der Waals surface area contributed by atoms with E-state index in [0.717, 1.165) is 17.0 Å². The Kier molecular flexibility index (Phi) is 4.44. The van der Waals surface area contributed by atoms with Crippen molar-refractivity contribution in [1.82, 2.24) is 9.97 Å². The second kappa shape index (κ2) is 6.27. The van der Waals surface area contributed by atoms with Crippen molar-refractivity contribution in [3.8, 4) is 11.5 Å². The van der Waals surface area contributed by atoms with Crippen molar-refractivity contribution in [3.63, 3.8) is 0 Å². The fourth-order valence-electron chi connectivity index (χ4n) is 1.93. The lowest BCUT2D eigenvalue weighted by molar-refractivity contribution is 0.405. The highest BCUT2D eigenvalue weighted by Gasteiger charge is 2.11. The molecular weight excluding hydrogens is 270 g/mol. The van der Waals surface area contributed by atoms with E-state index in [1.165, 1.54) is 0 Å². The minimum atomic E-state index is 0.576. The van der Waals surface area contributed by atoms with E-state index in [0.29, 0.717) is 23.2 Å². The Labute approximate surface area is 123 Å². The van der Waals surface area contributed by atoms with Crippen LogP contribution in [0.3, 0.4) is 0 Å². The zero-order valence-corrected chi connectivity index (χ0v) is 12.5. The molecular formula is C14H19N5O2. The highest BCUT2D eigenvalue weighted by molar-refractivity contribution is 5.70. The lowest BCUT2D eigenvalue weighted by Crippen LogP contribution is -2.13. The summed E-state index contributed by atoms with van der Waals surface area (Å²) in [6, 6.07) is 5.49. The number of aromatic nitrogens is 2. The highest BCUT2D eigenvalue weighted by Crippen LogP contribution is 2.32. The second-order valence-electron chi connectivity index (χ2n) is 4.43. The first-order chi connectivity index (χ1) is 10.1. The van der Waals surface area contributed by atoms with Crippen LogP contribution in [-0.4, -0.2) is 24.2 Å². The van der Waals surface area contributed by atoms with Crippen LogP contribution >= 0.6 is 0 Å². The summed E-state index contributed by atoms with van der Waals surface area (Å²) in [4.78, 5) is 8.62. The molecule has 0 amide bonds. The minimum Gasteiger partial charge on any atom is -0.497 e. The van der Waals surface area contributed by atoms with Gasteiger partial charge in [0.1, 0.15) is 29.0 Å². The SMILES string of the molecule is COc1ccc(OC)c(Nc2nc(C)nc(NN)c2C)c1. The van der Waals surface area contributed by atoms with Gasteiger partial charge in [-0.1, -0.05) is 0 Å². The molecule has 112 valence electrons. The van der Waals surface area contributed by atoms with Gasteiger partial charge in [-0.3, -0.25) is 0 Å². The van der Waals surface area contributed by atoms with Gasteiger partial charge in [0.2, 0.25) is 0 Å². The Morgan fingerprint density at radius 2 is 1.76 bits per heavy atom. The number of nitrogen functional groups attached to an aromatic ring is 1. The van der Waals surface area contributed by atoms with E-state index >= 15 is 0 Å². The van der Waals surface area contributed by atoms with Gasteiger partial charge in [-0.25, -0.2) is 15.8 Å². The summed E-state index contributed by atoms with van der Waals surface area (Å²) in [6.07, 6.45) is 0. The third kappa shape index (κ3) is 3.14. The number of anilines is 3. The molecule has 0 unspecified atom stereocenters. The van der Waals surface area contributed by atoms with E-state index in [1.807, 2.05) is 25.1 Å². The Morgan fingerprint density at radius 3 is 2.38 bits per heavy atom. The van der Waals surface area contributed by atoms with Gasteiger partial charge < -0.3 is 20.2 Å². The van der Waals surface area contributed by atoms with Crippen molar-refractivity contribution in [2.75, 3.05) is 25.0 Å². The highest BCUT2D eigenvalue weighted by atomic mass is 16.5. The molecule has 0 atom stereocenters. The van der Waals surface area contributed by atoms with E-state index in [9.17, 15) is 0 Å².